The maximum atomic E-state index is 4.38. The Hall–Kier alpha value is -0.420. The lowest BCUT2D eigenvalue weighted by Gasteiger charge is -2.25. The zero-order valence-electron chi connectivity index (χ0n) is 14.2. The summed E-state index contributed by atoms with van der Waals surface area (Å²) < 4.78 is 0.393. The summed E-state index contributed by atoms with van der Waals surface area (Å²) in [5.74, 6) is 3.27. The first-order valence-corrected chi connectivity index (χ1v) is 10.00. The Morgan fingerprint density at radius 1 is 1.27 bits per heavy atom. The Labute approximate surface area is 139 Å². The van der Waals surface area contributed by atoms with Gasteiger partial charge in [0.25, 0.3) is 0 Å². The Balaban J connectivity index is 1.35. The zero-order valence-corrected chi connectivity index (χ0v) is 15.1. The molecule has 1 aliphatic heterocycles. The molecule has 1 unspecified atom stereocenters. The van der Waals surface area contributed by atoms with E-state index in [-0.39, 0.29) is 0 Å². The van der Waals surface area contributed by atoms with Crippen LogP contribution in [-0.4, -0.2) is 60.6 Å². The van der Waals surface area contributed by atoms with Crippen LogP contribution in [0.25, 0.3) is 0 Å². The van der Waals surface area contributed by atoms with E-state index in [1.165, 1.54) is 50.8 Å². The second-order valence-electron chi connectivity index (χ2n) is 7.42. The van der Waals surface area contributed by atoms with E-state index in [2.05, 4.69) is 39.2 Å². The van der Waals surface area contributed by atoms with Gasteiger partial charge in [0, 0.05) is 44.0 Å². The van der Waals surface area contributed by atoms with Crippen LogP contribution < -0.4 is 10.6 Å². The van der Waals surface area contributed by atoms with Gasteiger partial charge in [0.1, 0.15) is 0 Å². The molecule has 1 heterocycles. The van der Waals surface area contributed by atoms with Gasteiger partial charge in [-0.15, -0.1) is 0 Å². The van der Waals surface area contributed by atoms with Crippen LogP contribution in [0.5, 0.6) is 0 Å². The molecule has 5 heteroatoms. The summed E-state index contributed by atoms with van der Waals surface area (Å²) in [7, 11) is 1.88. The molecule has 2 N–H and O–H groups in total. The molecule has 2 saturated carbocycles. The number of rotatable bonds is 8. The standard InChI is InChI=1S/C17H32N4S/c1-17(8-3-11-22-17)13-20-16(18-2)19-9-10-21(15-6-7-15)12-14-4-5-14/h14-15H,3-13H2,1-2H3,(H2,18,19,20). The minimum atomic E-state index is 0.393. The molecule has 0 radical (unpaired) electrons. The summed E-state index contributed by atoms with van der Waals surface area (Å²) in [6.07, 6.45) is 8.40. The van der Waals surface area contributed by atoms with Gasteiger partial charge in [-0.05, 0) is 57.1 Å². The fourth-order valence-electron chi connectivity index (χ4n) is 3.28. The van der Waals surface area contributed by atoms with Gasteiger partial charge >= 0.3 is 0 Å². The third-order valence-electron chi connectivity index (χ3n) is 5.10. The topological polar surface area (TPSA) is 39.7 Å². The van der Waals surface area contributed by atoms with E-state index in [1.807, 2.05) is 7.05 Å². The Bertz CT molecular complexity index is 384. The minimum absolute atomic E-state index is 0.393. The molecule has 0 bridgehead atoms. The van der Waals surface area contributed by atoms with E-state index in [1.54, 1.807) is 0 Å². The molecule has 1 atom stereocenters. The van der Waals surface area contributed by atoms with Gasteiger partial charge in [-0.25, -0.2) is 0 Å². The number of hydrogen-bond donors (Lipinski definition) is 2. The van der Waals surface area contributed by atoms with E-state index >= 15 is 0 Å². The second kappa shape index (κ2) is 7.43. The van der Waals surface area contributed by atoms with E-state index in [0.717, 1.165) is 37.6 Å². The summed E-state index contributed by atoms with van der Waals surface area (Å²) in [6, 6.07) is 0.881. The molecule has 3 rings (SSSR count). The summed E-state index contributed by atoms with van der Waals surface area (Å²) in [5, 5.41) is 7.03. The van der Waals surface area contributed by atoms with Crippen molar-refractivity contribution in [3.63, 3.8) is 0 Å². The molecular formula is C17H32N4S. The highest BCUT2D eigenvalue weighted by atomic mass is 32.2. The zero-order chi connectivity index (χ0) is 15.4. The lowest BCUT2D eigenvalue weighted by Crippen LogP contribution is -2.46. The smallest absolute Gasteiger partial charge is 0.191 e. The van der Waals surface area contributed by atoms with Crippen molar-refractivity contribution in [1.82, 2.24) is 15.5 Å². The highest BCUT2D eigenvalue weighted by Crippen LogP contribution is 2.37. The molecule has 1 saturated heterocycles. The lowest BCUT2D eigenvalue weighted by atomic mass is 10.1. The molecule has 0 aromatic heterocycles. The Morgan fingerprint density at radius 3 is 2.68 bits per heavy atom. The van der Waals surface area contributed by atoms with Crippen LogP contribution in [0.2, 0.25) is 0 Å². The van der Waals surface area contributed by atoms with Crippen molar-refractivity contribution in [2.24, 2.45) is 10.9 Å². The van der Waals surface area contributed by atoms with Crippen molar-refractivity contribution >= 4 is 17.7 Å². The van der Waals surface area contributed by atoms with Crippen molar-refractivity contribution in [3.05, 3.63) is 0 Å². The molecule has 126 valence electrons. The highest BCUT2D eigenvalue weighted by molar-refractivity contribution is 8.00. The fraction of sp³-hybridized carbons (Fsp3) is 0.941. The summed E-state index contributed by atoms with van der Waals surface area (Å²) in [4.78, 5) is 7.08. The molecule has 3 aliphatic rings. The number of nitrogens with zero attached hydrogens (tertiary/aromatic N) is 2. The lowest BCUT2D eigenvalue weighted by molar-refractivity contribution is 0.256. The predicted molar refractivity (Wildman–Crippen MR) is 96.8 cm³/mol. The SMILES string of the molecule is CN=C(NCCN(CC1CC1)C1CC1)NCC1(C)CCCS1. The maximum Gasteiger partial charge on any atom is 0.191 e. The van der Waals surface area contributed by atoms with Gasteiger partial charge in [0.05, 0.1) is 0 Å². The van der Waals surface area contributed by atoms with E-state index in [0.29, 0.717) is 4.75 Å². The maximum absolute atomic E-state index is 4.38. The monoisotopic (exact) mass is 324 g/mol. The second-order valence-corrected chi connectivity index (χ2v) is 9.11. The van der Waals surface area contributed by atoms with E-state index < -0.39 is 0 Å². The third kappa shape index (κ3) is 5.05. The van der Waals surface area contributed by atoms with Gasteiger partial charge < -0.3 is 10.6 Å². The van der Waals surface area contributed by atoms with Gasteiger partial charge in [-0.2, -0.15) is 11.8 Å². The number of thioether (sulfide) groups is 1. The molecule has 3 fully saturated rings. The van der Waals surface area contributed by atoms with Crippen LogP contribution in [0.15, 0.2) is 4.99 Å². The van der Waals surface area contributed by atoms with Crippen molar-refractivity contribution < 1.29 is 0 Å². The third-order valence-corrected chi connectivity index (χ3v) is 6.64. The average molecular weight is 325 g/mol. The number of guanidine groups is 1. The van der Waals surface area contributed by atoms with E-state index in [9.17, 15) is 0 Å². The van der Waals surface area contributed by atoms with Crippen LogP contribution in [0.1, 0.15) is 45.4 Å². The van der Waals surface area contributed by atoms with E-state index in [4.69, 9.17) is 0 Å². The number of hydrogen-bond acceptors (Lipinski definition) is 3. The van der Waals surface area contributed by atoms with Crippen LogP contribution in [0.3, 0.4) is 0 Å². The highest BCUT2D eigenvalue weighted by Gasteiger charge is 2.33. The molecular weight excluding hydrogens is 292 g/mol. The quantitative estimate of drug-likeness (QED) is 0.531. The predicted octanol–water partition coefficient (Wildman–Crippen LogP) is 2.31. The first-order valence-electron chi connectivity index (χ1n) is 9.01. The Kier molecular flexibility index (Phi) is 5.55. The first kappa shape index (κ1) is 16.4. The Morgan fingerprint density at radius 2 is 2.09 bits per heavy atom. The average Bonchev–Trinajstić information content (AvgIpc) is 3.42. The van der Waals surface area contributed by atoms with Gasteiger partial charge in [-0.3, -0.25) is 9.89 Å². The van der Waals surface area contributed by atoms with Crippen LogP contribution in [0, 0.1) is 5.92 Å². The summed E-state index contributed by atoms with van der Waals surface area (Å²) >= 11 is 2.10. The van der Waals surface area contributed by atoms with Gasteiger partial charge in [-0.1, -0.05) is 0 Å². The van der Waals surface area contributed by atoms with Crippen LogP contribution in [-0.2, 0) is 0 Å². The normalized spacial score (nSPS) is 29.1. The molecule has 0 amide bonds. The summed E-state index contributed by atoms with van der Waals surface area (Å²) in [6.45, 7) is 6.88. The number of aliphatic imine (C=N–C) groups is 1. The molecule has 4 nitrogen and oxygen atoms in total. The van der Waals surface area contributed by atoms with Gasteiger partial charge in [0.2, 0.25) is 0 Å². The minimum Gasteiger partial charge on any atom is -0.355 e. The van der Waals surface area contributed by atoms with Crippen molar-refractivity contribution in [2.75, 3.05) is 39.0 Å². The van der Waals surface area contributed by atoms with Crippen molar-refractivity contribution in [2.45, 2.75) is 56.2 Å². The molecule has 2 aliphatic carbocycles. The van der Waals surface area contributed by atoms with Crippen molar-refractivity contribution in [1.29, 1.82) is 0 Å². The molecule has 22 heavy (non-hydrogen) atoms. The molecule has 0 aromatic rings. The number of nitrogens with one attached hydrogen (secondary N) is 2. The first-order chi connectivity index (χ1) is 10.7. The largest absolute Gasteiger partial charge is 0.355 e. The molecule has 0 spiro atoms. The molecule has 0 aromatic carbocycles. The summed E-state index contributed by atoms with van der Waals surface area (Å²) in [5.41, 5.74) is 0. The van der Waals surface area contributed by atoms with Gasteiger partial charge in [0.15, 0.2) is 5.96 Å². The van der Waals surface area contributed by atoms with Crippen LogP contribution in [0.4, 0.5) is 0 Å². The fourth-order valence-corrected chi connectivity index (χ4v) is 4.52. The van der Waals surface area contributed by atoms with Crippen LogP contribution >= 0.6 is 11.8 Å². The van der Waals surface area contributed by atoms with Crippen molar-refractivity contribution in [3.8, 4) is 0 Å².